The van der Waals surface area contributed by atoms with E-state index in [2.05, 4.69) is 5.32 Å². The fourth-order valence-electron chi connectivity index (χ4n) is 1.80. The van der Waals surface area contributed by atoms with Gasteiger partial charge in [0.1, 0.15) is 6.10 Å². The third-order valence-corrected chi connectivity index (χ3v) is 4.62. The monoisotopic (exact) mass is 250 g/mol. The second-order valence-electron chi connectivity index (χ2n) is 4.35. The van der Waals surface area contributed by atoms with Gasteiger partial charge in [-0.1, -0.05) is 0 Å². The van der Waals surface area contributed by atoms with Crippen LogP contribution in [-0.4, -0.2) is 51.1 Å². The molecule has 1 saturated heterocycles. The topological polar surface area (TPSA) is 98.5 Å². The Kier molecular flexibility index (Phi) is 3.92. The molecule has 0 aromatic heterocycles. The average molecular weight is 250 g/mol. The lowest BCUT2D eigenvalue weighted by Gasteiger charge is -2.26. The van der Waals surface area contributed by atoms with Gasteiger partial charge in [0.15, 0.2) is 9.84 Å². The van der Waals surface area contributed by atoms with Crippen LogP contribution in [0.5, 0.6) is 0 Å². The molecule has 0 spiro atoms. The Morgan fingerprint density at radius 3 is 2.62 bits per heavy atom. The smallest absolute Gasteiger partial charge is 0.250 e. The fourth-order valence-corrected chi connectivity index (χ4v) is 3.89. The lowest BCUT2D eigenvalue weighted by molar-refractivity contribution is -0.132. The Morgan fingerprint density at radius 2 is 2.25 bits per heavy atom. The summed E-state index contributed by atoms with van der Waals surface area (Å²) >= 11 is 0. The second kappa shape index (κ2) is 4.68. The van der Waals surface area contributed by atoms with E-state index in [1.807, 2.05) is 0 Å². The van der Waals surface area contributed by atoms with Crippen LogP contribution >= 0.6 is 0 Å². The van der Waals surface area contributed by atoms with Crippen LogP contribution in [0.4, 0.5) is 0 Å². The molecule has 0 radical (unpaired) electrons. The molecule has 0 bridgehead atoms. The first-order valence-electron chi connectivity index (χ1n) is 5.07. The zero-order valence-corrected chi connectivity index (χ0v) is 10.3. The number of hydrogen-bond acceptors (Lipinski definition) is 5. The van der Waals surface area contributed by atoms with Crippen molar-refractivity contribution >= 4 is 15.7 Å². The summed E-state index contributed by atoms with van der Waals surface area (Å²) in [6, 6.07) is 0. The summed E-state index contributed by atoms with van der Waals surface area (Å²) < 4.78 is 27.5. The van der Waals surface area contributed by atoms with Crippen LogP contribution in [0.25, 0.3) is 0 Å². The molecule has 0 aliphatic carbocycles. The van der Waals surface area contributed by atoms with Gasteiger partial charge in [0.2, 0.25) is 0 Å². The number of carbonyl (C=O) groups excluding carboxylic acids is 1. The molecule has 0 aromatic rings. The first kappa shape index (κ1) is 13.4. The van der Waals surface area contributed by atoms with Crippen LogP contribution in [0.2, 0.25) is 0 Å². The number of nitrogens with one attached hydrogen (secondary N) is 1. The molecule has 1 heterocycles. The number of hydrogen-bond donors (Lipinski definition) is 2. The third kappa shape index (κ3) is 3.16. The Labute approximate surface area is 95.4 Å². The van der Waals surface area contributed by atoms with Crippen molar-refractivity contribution in [1.82, 2.24) is 5.32 Å². The van der Waals surface area contributed by atoms with Crippen molar-refractivity contribution in [3.8, 4) is 0 Å². The van der Waals surface area contributed by atoms with Crippen molar-refractivity contribution in [2.45, 2.75) is 25.0 Å². The summed E-state index contributed by atoms with van der Waals surface area (Å²) in [5, 5.41) is 2.69. The summed E-state index contributed by atoms with van der Waals surface area (Å²) in [5.74, 6) is -0.263. The number of rotatable bonds is 4. The summed E-state index contributed by atoms with van der Waals surface area (Å²) in [4.78, 5) is 11.7. The van der Waals surface area contributed by atoms with Gasteiger partial charge in [-0.05, 0) is 13.3 Å². The summed E-state index contributed by atoms with van der Waals surface area (Å²) in [7, 11) is -1.63. The molecule has 2 unspecified atom stereocenters. The van der Waals surface area contributed by atoms with Gasteiger partial charge in [-0.3, -0.25) is 4.79 Å². The number of ether oxygens (including phenoxy) is 1. The van der Waals surface area contributed by atoms with Gasteiger partial charge in [0.25, 0.3) is 5.91 Å². The zero-order valence-electron chi connectivity index (χ0n) is 9.52. The molecule has 3 N–H and O–H groups in total. The second-order valence-corrected chi connectivity index (χ2v) is 6.54. The molecule has 6 nitrogen and oxygen atoms in total. The molecule has 16 heavy (non-hydrogen) atoms. The fraction of sp³-hybridized carbons (Fsp3) is 0.889. The van der Waals surface area contributed by atoms with E-state index in [1.165, 1.54) is 7.11 Å². The normalized spacial score (nSPS) is 29.9. The van der Waals surface area contributed by atoms with Crippen LogP contribution in [-0.2, 0) is 19.4 Å². The van der Waals surface area contributed by atoms with Crippen LogP contribution in [0, 0.1) is 0 Å². The van der Waals surface area contributed by atoms with E-state index in [-0.39, 0.29) is 24.0 Å². The van der Waals surface area contributed by atoms with Gasteiger partial charge >= 0.3 is 0 Å². The molecule has 1 amide bonds. The Morgan fingerprint density at radius 1 is 1.62 bits per heavy atom. The first-order valence-corrected chi connectivity index (χ1v) is 6.89. The predicted molar refractivity (Wildman–Crippen MR) is 59.7 cm³/mol. The van der Waals surface area contributed by atoms with E-state index in [0.29, 0.717) is 6.42 Å². The highest BCUT2D eigenvalue weighted by Crippen LogP contribution is 2.22. The minimum atomic E-state index is -3.03. The van der Waals surface area contributed by atoms with Crippen LogP contribution < -0.4 is 11.1 Å². The summed E-state index contributed by atoms with van der Waals surface area (Å²) in [5.41, 5.74) is 4.66. The molecule has 0 aromatic carbocycles. The minimum absolute atomic E-state index is 0.0211. The predicted octanol–water partition coefficient (Wildman–Crippen LogP) is -1.35. The molecule has 1 rings (SSSR count). The van der Waals surface area contributed by atoms with E-state index >= 15 is 0 Å². The Balaban J connectivity index is 2.64. The maximum absolute atomic E-state index is 11.7. The van der Waals surface area contributed by atoms with Crippen molar-refractivity contribution in [2.75, 3.05) is 25.2 Å². The lowest BCUT2D eigenvalue weighted by atomic mass is 10.0. The van der Waals surface area contributed by atoms with Gasteiger partial charge in [0, 0.05) is 13.7 Å². The van der Waals surface area contributed by atoms with Crippen molar-refractivity contribution in [3.63, 3.8) is 0 Å². The number of sulfone groups is 1. The van der Waals surface area contributed by atoms with Crippen molar-refractivity contribution in [1.29, 1.82) is 0 Å². The van der Waals surface area contributed by atoms with Crippen molar-refractivity contribution in [3.05, 3.63) is 0 Å². The van der Waals surface area contributed by atoms with Crippen LogP contribution in [0.15, 0.2) is 0 Å². The molecular weight excluding hydrogens is 232 g/mol. The quantitative estimate of drug-likeness (QED) is 0.643. The molecule has 2 atom stereocenters. The maximum Gasteiger partial charge on any atom is 0.250 e. The standard InChI is InChI=1S/C9H18N2O4S/c1-9(3-4-16(13,14)6-9)11-8(12)7(5-10)15-2/h7H,3-6,10H2,1-2H3,(H,11,12). The zero-order chi connectivity index (χ0) is 12.4. The molecule has 7 heteroatoms. The van der Waals surface area contributed by atoms with E-state index in [1.54, 1.807) is 6.92 Å². The van der Waals surface area contributed by atoms with E-state index in [4.69, 9.17) is 10.5 Å². The molecule has 1 fully saturated rings. The van der Waals surface area contributed by atoms with E-state index in [9.17, 15) is 13.2 Å². The molecule has 1 aliphatic heterocycles. The number of carbonyl (C=O) groups is 1. The molecule has 94 valence electrons. The Bertz CT molecular complexity index is 364. The summed E-state index contributed by atoms with van der Waals surface area (Å²) in [6.45, 7) is 1.80. The molecular formula is C9H18N2O4S. The Hall–Kier alpha value is -0.660. The lowest BCUT2D eigenvalue weighted by Crippen LogP contribution is -2.52. The highest BCUT2D eigenvalue weighted by atomic mass is 32.2. The molecule has 0 saturated carbocycles. The highest BCUT2D eigenvalue weighted by molar-refractivity contribution is 7.91. The number of amides is 1. The van der Waals surface area contributed by atoms with Gasteiger partial charge in [-0.2, -0.15) is 0 Å². The third-order valence-electron chi connectivity index (χ3n) is 2.72. The van der Waals surface area contributed by atoms with E-state index in [0.717, 1.165) is 0 Å². The van der Waals surface area contributed by atoms with Gasteiger partial charge in [-0.25, -0.2) is 8.42 Å². The van der Waals surface area contributed by atoms with Gasteiger partial charge in [-0.15, -0.1) is 0 Å². The highest BCUT2D eigenvalue weighted by Gasteiger charge is 2.40. The largest absolute Gasteiger partial charge is 0.370 e. The van der Waals surface area contributed by atoms with Gasteiger partial charge in [0.05, 0.1) is 17.0 Å². The van der Waals surface area contributed by atoms with Crippen molar-refractivity contribution < 1.29 is 17.9 Å². The molecule has 1 aliphatic rings. The van der Waals surface area contributed by atoms with Crippen LogP contribution in [0.1, 0.15) is 13.3 Å². The van der Waals surface area contributed by atoms with Gasteiger partial charge < -0.3 is 15.8 Å². The van der Waals surface area contributed by atoms with Crippen molar-refractivity contribution in [2.24, 2.45) is 5.73 Å². The first-order chi connectivity index (χ1) is 7.32. The number of methoxy groups -OCH3 is 1. The maximum atomic E-state index is 11.7. The number of nitrogens with two attached hydrogens (primary N) is 1. The van der Waals surface area contributed by atoms with Crippen LogP contribution in [0.3, 0.4) is 0 Å². The average Bonchev–Trinajstić information content (AvgIpc) is 2.42. The van der Waals surface area contributed by atoms with E-state index < -0.39 is 21.5 Å². The minimum Gasteiger partial charge on any atom is -0.370 e. The summed E-state index contributed by atoms with van der Waals surface area (Å²) in [6.07, 6.45) is -0.289. The SMILES string of the molecule is COC(CN)C(=O)NC1(C)CCS(=O)(=O)C1.